The third-order valence-electron chi connectivity index (χ3n) is 1.51. The third kappa shape index (κ3) is 2.02. The summed E-state index contributed by atoms with van der Waals surface area (Å²) in [5.41, 5.74) is 0.689. The number of hydrogen-bond acceptors (Lipinski definition) is 1. The molecule has 59 valence electrons. The standard InChI is InChI=1S/C9H10FO/c1-2-9(11)7-3-5-8(10)6-4-7/h3-6,11H,2H2,1H3. The van der Waals surface area contributed by atoms with Gasteiger partial charge in [0, 0.05) is 0 Å². The molecule has 0 unspecified atom stereocenters. The minimum atomic E-state index is -0.280. The zero-order valence-electron chi connectivity index (χ0n) is 6.34. The number of aliphatic hydroxyl groups excluding tert-OH is 1. The molecule has 1 aromatic rings. The number of rotatable bonds is 2. The van der Waals surface area contributed by atoms with Gasteiger partial charge in [-0.2, -0.15) is 0 Å². The zero-order chi connectivity index (χ0) is 8.27. The minimum absolute atomic E-state index is 0.280. The normalized spacial score (nSPS) is 10.5. The molecule has 0 spiro atoms. The van der Waals surface area contributed by atoms with Crippen LogP contribution in [0.25, 0.3) is 0 Å². The smallest absolute Gasteiger partial charge is 0.123 e. The van der Waals surface area contributed by atoms with Crippen molar-refractivity contribution < 1.29 is 9.50 Å². The molecule has 1 N–H and O–H groups in total. The first-order chi connectivity index (χ1) is 5.24. The van der Waals surface area contributed by atoms with Gasteiger partial charge in [-0.15, -0.1) is 0 Å². The summed E-state index contributed by atoms with van der Waals surface area (Å²) in [6, 6.07) is 5.80. The van der Waals surface area contributed by atoms with Gasteiger partial charge in [0.1, 0.15) is 11.9 Å². The zero-order valence-corrected chi connectivity index (χ0v) is 6.34. The van der Waals surface area contributed by atoms with E-state index in [0.29, 0.717) is 18.1 Å². The highest BCUT2D eigenvalue weighted by molar-refractivity contribution is 5.26. The van der Waals surface area contributed by atoms with E-state index in [9.17, 15) is 9.50 Å². The Morgan fingerprint density at radius 1 is 1.36 bits per heavy atom. The van der Waals surface area contributed by atoms with Gasteiger partial charge in [-0.3, -0.25) is 0 Å². The average molecular weight is 153 g/mol. The summed E-state index contributed by atoms with van der Waals surface area (Å²) in [4.78, 5) is 0. The molecular weight excluding hydrogens is 143 g/mol. The number of benzene rings is 1. The monoisotopic (exact) mass is 153 g/mol. The van der Waals surface area contributed by atoms with E-state index in [0.717, 1.165) is 0 Å². The first kappa shape index (κ1) is 8.21. The van der Waals surface area contributed by atoms with Crippen molar-refractivity contribution >= 4 is 0 Å². The van der Waals surface area contributed by atoms with E-state index in [1.165, 1.54) is 12.1 Å². The fourth-order valence-corrected chi connectivity index (χ4v) is 0.846. The Balaban J connectivity index is 2.81. The van der Waals surface area contributed by atoms with Gasteiger partial charge >= 0.3 is 0 Å². The number of halogens is 1. The van der Waals surface area contributed by atoms with Gasteiger partial charge < -0.3 is 5.11 Å². The Bertz CT molecular complexity index is 218. The second-order valence-corrected chi connectivity index (χ2v) is 2.31. The fraction of sp³-hybridized carbons (Fsp3) is 0.222. The fourth-order valence-electron chi connectivity index (χ4n) is 0.846. The molecule has 0 fully saturated rings. The van der Waals surface area contributed by atoms with Crippen LogP contribution in [0.15, 0.2) is 24.3 Å². The number of hydrogen-bond donors (Lipinski definition) is 1. The largest absolute Gasteiger partial charge is 0.382 e. The predicted octanol–water partition coefficient (Wildman–Crippen LogP) is 2.49. The first-order valence-electron chi connectivity index (χ1n) is 3.54. The highest BCUT2D eigenvalue weighted by atomic mass is 19.1. The van der Waals surface area contributed by atoms with Gasteiger partial charge in [-0.25, -0.2) is 4.39 Å². The van der Waals surface area contributed by atoms with Crippen LogP contribution in [0.1, 0.15) is 18.9 Å². The third-order valence-corrected chi connectivity index (χ3v) is 1.51. The quantitative estimate of drug-likeness (QED) is 0.692. The maximum atomic E-state index is 12.4. The molecular formula is C9H10FO. The average Bonchev–Trinajstić information content (AvgIpc) is 2.05. The lowest BCUT2D eigenvalue weighted by Gasteiger charge is -2.04. The molecule has 0 bridgehead atoms. The predicted molar refractivity (Wildman–Crippen MR) is 41.0 cm³/mol. The maximum absolute atomic E-state index is 12.4. The van der Waals surface area contributed by atoms with E-state index >= 15 is 0 Å². The van der Waals surface area contributed by atoms with Crippen LogP contribution in [0, 0.1) is 11.9 Å². The van der Waals surface area contributed by atoms with Gasteiger partial charge in [0.25, 0.3) is 0 Å². The lowest BCUT2D eigenvalue weighted by Crippen LogP contribution is -1.95. The van der Waals surface area contributed by atoms with Gasteiger partial charge in [0.15, 0.2) is 0 Å². The van der Waals surface area contributed by atoms with Crippen LogP contribution in [0.5, 0.6) is 0 Å². The van der Waals surface area contributed by atoms with Gasteiger partial charge in [-0.05, 0) is 24.1 Å². The Hall–Kier alpha value is -0.890. The van der Waals surface area contributed by atoms with Crippen molar-refractivity contribution in [3.8, 4) is 0 Å². The summed E-state index contributed by atoms with van der Waals surface area (Å²) < 4.78 is 12.4. The Kier molecular flexibility index (Phi) is 2.60. The van der Waals surface area contributed by atoms with E-state index < -0.39 is 0 Å². The van der Waals surface area contributed by atoms with Crippen LogP contribution in [0.2, 0.25) is 0 Å². The van der Waals surface area contributed by atoms with Crippen molar-refractivity contribution in [1.29, 1.82) is 0 Å². The second kappa shape index (κ2) is 3.49. The maximum Gasteiger partial charge on any atom is 0.123 e. The topological polar surface area (TPSA) is 20.2 Å². The van der Waals surface area contributed by atoms with Crippen LogP contribution in [-0.4, -0.2) is 5.11 Å². The molecule has 1 aromatic carbocycles. The van der Waals surface area contributed by atoms with E-state index in [1.807, 2.05) is 6.92 Å². The lowest BCUT2D eigenvalue weighted by atomic mass is 10.1. The van der Waals surface area contributed by atoms with Crippen LogP contribution in [0.4, 0.5) is 4.39 Å². The molecule has 1 nitrogen and oxygen atoms in total. The van der Waals surface area contributed by atoms with Crippen LogP contribution in [-0.2, 0) is 0 Å². The van der Waals surface area contributed by atoms with E-state index in [4.69, 9.17) is 0 Å². The van der Waals surface area contributed by atoms with Gasteiger partial charge in [0.2, 0.25) is 0 Å². The van der Waals surface area contributed by atoms with Crippen molar-refractivity contribution in [1.82, 2.24) is 0 Å². The molecule has 0 aliphatic heterocycles. The summed E-state index contributed by atoms with van der Waals surface area (Å²) in [6.45, 7) is 1.85. The van der Waals surface area contributed by atoms with Crippen LogP contribution in [0.3, 0.4) is 0 Å². The van der Waals surface area contributed by atoms with Crippen molar-refractivity contribution in [2.24, 2.45) is 0 Å². The van der Waals surface area contributed by atoms with Crippen molar-refractivity contribution in [3.63, 3.8) is 0 Å². The molecule has 2 heteroatoms. The van der Waals surface area contributed by atoms with Crippen LogP contribution < -0.4 is 0 Å². The highest BCUT2D eigenvalue weighted by Gasteiger charge is 2.04. The van der Waals surface area contributed by atoms with E-state index in [1.54, 1.807) is 12.1 Å². The number of aliphatic hydroxyl groups is 1. The molecule has 11 heavy (non-hydrogen) atoms. The highest BCUT2D eigenvalue weighted by Crippen LogP contribution is 2.14. The molecule has 0 saturated carbocycles. The molecule has 0 aliphatic rings. The van der Waals surface area contributed by atoms with E-state index in [2.05, 4.69) is 0 Å². The SMILES string of the molecule is CC[C](O)c1ccc(F)cc1. The van der Waals surface area contributed by atoms with Gasteiger partial charge in [-0.1, -0.05) is 19.1 Å². The molecule has 0 heterocycles. The summed E-state index contributed by atoms with van der Waals surface area (Å²) in [6.07, 6.45) is 0.871. The Morgan fingerprint density at radius 2 is 1.91 bits per heavy atom. The molecule has 0 amide bonds. The second-order valence-electron chi connectivity index (χ2n) is 2.31. The molecule has 1 rings (SSSR count). The lowest BCUT2D eigenvalue weighted by molar-refractivity contribution is 0.318. The summed E-state index contributed by atoms with van der Waals surface area (Å²) in [5, 5.41) is 9.21. The van der Waals surface area contributed by atoms with Gasteiger partial charge in [0.05, 0.1) is 0 Å². The minimum Gasteiger partial charge on any atom is -0.382 e. The Morgan fingerprint density at radius 3 is 2.36 bits per heavy atom. The Labute approximate surface area is 65.5 Å². The summed E-state index contributed by atoms with van der Waals surface area (Å²) >= 11 is 0. The van der Waals surface area contributed by atoms with Crippen LogP contribution >= 0.6 is 0 Å². The van der Waals surface area contributed by atoms with Crippen molar-refractivity contribution in [3.05, 3.63) is 41.8 Å². The molecule has 0 aromatic heterocycles. The molecule has 1 radical (unpaired) electrons. The first-order valence-corrected chi connectivity index (χ1v) is 3.54. The van der Waals surface area contributed by atoms with Crippen molar-refractivity contribution in [2.45, 2.75) is 13.3 Å². The molecule has 0 saturated heterocycles. The molecule has 0 atom stereocenters. The van der Waals surface area contributed by atoms with Crippen molar-refractivity contribution in [2.75, 3.05) is 0 Å². The van der Waals surface area contributed by atoms with E-state index in [-0.39, 0.29) is 5.82 Å². The molecule has 0 aliphatic carbocycles. The summed E-state index contributed by atoms with van der Waals surface area (Å²) in [5.74, 6) is -0.280. The summed E-state index contributed by atoms with van der Waals surface area (Å²) in [7, 11) is 0.